The molecule has 31 heavy (non-hydrogen) atoms. The van der Waals surface area contributed by atoms with Crippen molar-refractivity contribution >= 4 is 35.1 Å². The van der Waals surface area contributed by atoms with Gasteiger partial charge in [0.1, 0.15) is 0 Å². The zero-order valence-corrected chi connectivity index (χ0v) is 20.7. The van der Waals surface area contributed by atoms with Gasteiger partial charge in [-0.1, -0.05) is 66.8 Å². The highest BCUT2D eigenvalue weighted by atomic mass is 32.2. The third kappa shape index (κ3) is 6.27. The summed E-state index contributed by atoms with van der Waals surface area (Å²) in [5, 5.41) is 2.41. The van der Waals surface area contributed by atoms with Gasteiger partial charge in [-0.3, -0.25) is 9.79 Å². The molecule has 2 unspecified atom stereocenters. The Labute approximate surface area is 195 Å². The molecule has 0 aromatic heterocycles. The normalized spacial score (nSPS) is 22.2. The van der Waals surface area contributed by atoms with Crippen LogP contribution in [-0.2, 0) is 4.79 Å². The highest BCUT2D eigenvalue weighted by Gasteiger charge is 2.25. The molecule has 5 heteroatoms. The molecule has 0 aromatic carbocycles. The van der Waals surface area contributed by atoms with Gasteiger partial charge in [0.25, 0.3) is 0 Å². The lowest BCUT2D eigenvalue weighted by Crippen LogP contribution is -2.27. The van der Waals surface area contributed by atoms with Crippen LogP contribution in [0, 0.1) is 5.92 Å². The second-order valence-corrected chi connectivity index (χ2v) is 10.2. The number of thioether (sulfide) groups is 2. The van der Waals surface area contributed by atoms with E-state index in [2.05, 4.69) is 74.8 Å². The van der Waals surface area contributed by atoms with Crippen LogP contribution in [0.15, 0.2) is 85.7 Å². The molecular weight excluding hydrogens is 420 g/mol. The highest BCUT2D eigenvalue weighted by molar-refractivity contribution is 8.07. The summed E-state index contributed by atoms with van der Waals surface area (Å²) in [4.78, 5) is 21.6. The molecule has 164 valence electrons. The summed E-state index contributed by atoms with van der Waals surface area (Å²) >= 11 is 3.60. The summed E-state index contributed by atoms with van der Waals surface area (Å²) in [5.74, 6) is 0.366. The van der Waals surface area contributed by atoms with Crippen LogP contribution in [-0.4, -0.2) is 35.4 Å². The van der Waals surface area contributed by atoms with Crippen LogP contribution in [0.25, 0.3) is 0 Å². The minimum atomic E-state index is 0.179. The number of hydrogen-bond donors (Lipinski definition) is 0. The quantitative estimate of drug-likeness (QED) is 0.444. The lowest BCUT2D eigenvalue weighted by Gasteiger charge is -2.20. The SMILES string of the molecule is CCN(C)C(=O)CC(C)/C=C\C1=C(C)N=C(C2C=C(C)C=CS2)C2=C(C=CC=CC2)S1. The molecule has 0 bridgehead atoms. The number of allylic oxidation sites excluding steroid dienone is 10. The first-order valence-corrected chi connectivity index (χ1v) is 12.6. The zero-order chi connectivity index (χ0) is 22.4. The molecule has 0 fully saturated rings. The van der Waals surface area contributed by atoms with Crippen molar-refractivity contribution < 1.29 is 4.79 Å². The summed E-state index contributed by atoms with van der Waals surface area (Å²) in [7, 11) is 1.86. The van der Waals surface area contributed by atoms with Crippen LogP contribution in [0.5, 0.6) is 0 Å². The Morgan fingerprint density at radius 1 is 1.32 bits per heavy atom. The maximum atomic E-state index is 12.2. The van der Waals surface area contributed by atoms with E-state index in [-0.39, 0.29) is 17.1 Å². The van der Waals surface area contributed by atoms with Gasteiger partial charge in [0.15, 0.2) is 0 Å². The average molecular weight is 453 g/mol. The summed E-state index contributed by atoms with van der Waals surface area (Å²) in [6.45, 7) is 9.09. The molecular formula is C26H32N2OS2. The molecule has 0 aromatic rings. The van der Waals surface area contributed by atoms with E-state index in [1.165, 1.54) is 16.1 Å². The van der Waals surface area contributed by atoms with Crippen LogP contribution in [0.2, 0.25) is 0 Å². The van der Waals surface area contributed by atoms with Crippen molar-refractivity contribution in [3.8, 4) is 0 Å². The molecule has 1 amide bonds. The van der Waals surface area contributed by atoms with Crippen molar-refractivity contribution in [2.45, 2.75) is 45.8 Å². The third-order valence-corrected chi connectivity index (χ3v) is 7.70. The van der Waals surface area contributed by atoms with Gasteiger partial charge >= 0.3 is 0 Å². The number of carbonyl (C=O) groups excluding carboxylic acids is 1. The summed E-state index contributed by atoms with van der Waals surface area (Å²) in [6.07, 6.45) is 18.8. The number of hydrogen-bond acceptors (Lipinski definition) is 4. The molecule has 2 atom stereocenters. The average Bonchev–Trinajstić information content (AvgIpc) is 3.05. The predicted octanol–water partition coefficient (Wildman–Crippen LogP) is 6.81. The topological polar surface area (TPSA) is 32.7 Å². The van der Waals surface area contributed by atoms with Gasteiger partial charge in [0.2, 0.25) is 5.91 Å². The minimum Gasteiger partial charge on any atom is -0.346 e. The summed E-state index contributed by atoms with van der Waals surface area (Å²) in [6, 6.07) is 0. The fourth-order valence-electron chi connectivity index (χ4n) is 3.46. The van der Waals surface area contributed by atoms with E-state index in [4.69, 9.17) is 4.99 Å². The zero-order valence-electron chi connectivity index (χ0n) is 19.1. The van der Waals surface area contributed by atoms with Gasteiger partial charge in [-0.15, -0.1) is 11.8 Å². The van der Waals surface area contributed by atoms with Gasteiger partial charge < -0.3 is 4.90 Å². The molecule has 3 nitrogen and oxygen atoms in total. The van der Waals surface area contributed by atoms with Crippen molar-refractivity contribution in [2.75, 3.05) is 13.6 Å². The lowest BCUT2D eigenvalue weighted by atomic mass is 10.0. The number of aliphatic imine (C=N–C) groups is 1. The Morgan fingerprint density at radius 2 is 2.13 bits per heavy atom. The van der Waals surface area contributed by atoms with Gasteiger partial charge in [-0.25, -0.2) is 0 Å². The standard InChI is InChI=1S/C26H32N2OS2/c1-6-28(5)25(29)17-18(2)12-13-22-20(4)27-26(24-16-19(3)14-15-30-24)21-10-8-7-9-11-23(21)31-22/h7-9,11-16,18,24H,6,10,17H2,1-5H3/b13-12-. The molecule has 3 aliphatic rings. The van der Waals surface area contributed by atoms with Crippen molar-refractivity contribution in [1.29, 1.82) is 0 Å². The first kappa shape index (κ1) is 23.7. The van der Waals surface area contributed by atoms with Gasteiger partial charge in [-0.2, -0.15) is 0 Å². The number of nitrogens with zero attached hydrogens (tertiary/aromatic N) is 2. The maximum Gasteiger partial charge on any atom is 0.222 e. The molecule has 0 saturated heterocycles. The molecule has 0 N–H and O–H groups in total. The fourth-order valence-corrected chi connectivity index (χ4v) is 5.57. The van der Waals surface area contributed by atoms with Crippen LogP contribution >= 0.6 is 23.5 Å². The molecule has 2 heterocycles. The van der Waals surface area contributed by atoms with Crippen molar-refractivity contribution in [2.24, 2.45) is 10.9 Å². The van der Waals surface area contributed by atoms with Crippen molar-refractivity contribution in [1.82, 2.24) is 4.90 Å². The first-order chi connectivity index (χ1) is 14.9. The van der Waals surface area contributed by atoms with Crippen molar-refractivity contribution in [3.63, 3.8) is 0 Å². The van der Waals surface area contributed by atoms with Crippen LogP contribution in [0.3, 0.4) is 0 Å². The Kier molecular flexibility index (Phi) is 8.44. The van der Waals surface area contributed by atoms with Gasteiger partial charge in [0.05, 0.1) is 16.7 Å². The van der Waals surface area contributed by atoms with Gasteiger partial charge in [0, 0.05) is 29.8 Å². The Morgan fingerprint density at radius 3 is 2.87 bits per heavy atom. The Balaban J connectivity index is 1.90. The molecule has 0 spiro atoms. The summed E-state index contributed by atoms with van der Waals surface area (Å²) in [5.41, 5.74) is 4.78. The highest BCUT2D eigenvalue weighted by Crippen LogP contribution is 2.40. The second kappa shape index (κ2) is 11.1. The monoisotopic (exact) mass is 452 g/mol. The van der Waals surface area contributed by atoms with E-state index in [0.717, 1.165) is 29.3 Å². The van der Waals surface area contributed by atoms with E-state index in [1.807, 2.05) is 25.7 Å². The van der Waals surface area contributed by atoms with Crippen LogP contribution in [0.1, 0.15) is 40.5 Å². The lowest BCUT2D eigenvalue weighted by molar-refractivity contribution is -0.130. The van der Waals surface area contributed by atoms with Crippen LogP contribution in [0.4, 0.5) is 0 Å². The number of amides is 1. The second-order valence-electron chi connectivity index (χ2n) is 8.10. The predicted molar refractivity (Wildman–Crippen MR) is 138 cm³/mol. The van der Waals surface area contributed by atoms with Crippen molar-refractivity contribution in [3.05, 3.63) is 80.7 Å². The Hall–Kier alpha value is -1.98. The maximum absolute atomic E-state index is 12.2. The van der Waals surface area contributed by atoms with E-state index in [9.17, 15) is 4.79 Å². The number of rotatable bonds is 6. The van der Waals surface area contributed by atoms with Gasteiger partial charge in [-0.05, 0) is 50.2 Å². The molecule has 3 rings (SSSR count). The largest absolute Gasteiger partial charge is 0.346 e. The van der Waals surface area contributed by atoms with Crippen LogP contribution < -0.4 is 0 Å². The first-order valence-electron chi connectivity index (χ1n) is 10.9. The molecule has 2 aliphatic heterocycles. The molecule has 1 aliphatic carbocycles. The molecule has 0 saturated carbocycles. The van der Waals surface area contributed by atoms with E-state index in [1.54, 1.807) is 16.7 Å². The third-order valence-electron chi connectivity index (χ3n) is 5.50. The molecule has 0 radical (unpaired) electrons. The summed E-state index contributed by atoms with van der Waals surface area (Å²) < 4.78 is 0. The fraction of sp³-hybridized carbons (Fsp3) is 0.385. The number of carbonyl (C=O) groups is 1. The smallest absolute Gasteiger partial charge is 0.222 e. The minimum absolute atomic E-state index is 0.179. The van der Waals surface area contributed by atoms with E-state index in [0.29, 0.717) is 6.42 Å². The Bertz CT molecular complexity index is 960. The van der Waals surface area contributed by atoms with E-state index >= 15 is 0 Å². The van der Waals surface area contributed by atoms with E-state index < -0.39 is 0 Å².